The lowest BCUT2D eigenvalue weighted by Crippen LogP contribution is -1.98. The van der Waals surface area contributed by atoms with Gasteiger partial charge in [-0.2, -0.15) is 4.98 Å². The standard InChI is InChI=1S/C21H22N2O4/c1-3-25-18-11-8-13(12-19(18)26-4-2)21-22-20(23-27-21)16-7-5-6-15-14(16)9-10-17(15)24/h5-8,11-12,17,24H,3-4,9-10H2,1-2H3/t17-/m1/s1. The Bertz CT molecular complexity index is 951. The average Bonchev–Trinajstić information content (AvgIpc) is 3.31. The van der Waals surface area contributed by atoms with Crippen LogP contribution in [0.4, 0.5) is 0 Å². The van der Waals surface area contributed by atoms with Crippen LogP contribution in [0.3, 0.4) is 0 Å². The number of hydrogen-bond acceptors (Lipinski definition) is 6. The van der Waals surface area contributed by atoms with Crippen LogP contribution in [0.1, 0.15) is 37.5 Å². The van der Waals surface area contributed by atoms with Crippen LogP contribution in [0, 0.1) is 0 Å². The van der Waals surface area contributed by atoms with E-state index in [9.17, 15) is 5.11 Å². The van der Waals surface area contributed by atoms with Gasteiger partial charge in [-0.15, -0.1) is 0 Å². The lowest BCUT2D eigenvalue weighted by Gasteiger charge is -2.11. The van der Waals surface area contributed by atoms with E-state index in [-0.39, 0.29) is 0 Å². The van der Waals surface area contributed by atoms with Crippen molar-refractivity contribution in [2.75, 3.05) is 13.2 Å². The third-order valence-corrected chi connectivity index (χ3v) is 4.70. The van der Waals surface area contributed by atoms with E-state index in [0.29, 0.717) is 36.4 Å². The SMILES string of the molecule is CCOc1ccc(-c2nc(-c3cccc4c3CC[C@H]4O)no2)cc1OCC. The topological polar surface area (TPSA) is 77.6 Å². The molecule has 27 heavy (non-hydrogen) atoms. The van der Waals surface area contributed by atoms with Crippen molar-refractivity contribution in [1.82, 2.24) is 10.1 Å². The fourth-order valence-corrected chi connectivity index (χ4v) is 3.48. The molecule has 140 valence electrons. The normalized spacial score (nSPS) is 15.6. The number of fused-ring (bicyclic) bond motifs is 1. The van der Waals surface area contributed by atoms with Gasteiger partial charge in [-0.05, 0) is 56.0 Å². The second-order valence-electron chi connectivity index (χ2n) is 6.38. The Balaban J connectivity index is 1.69. The molecule has 0 unspecified atom stereocenters. The molecular weight excluding hydrogens is 344 g/mol. The fraction of sp³-hybridized carbons (Fsp3) is 0.333. The molecule has 0 aliphatic heterocycles. The molecule has 0 saturated heterocycles. The van der Waals surface area contributed by atoms with E-state index in [1.807, 2.05) is 50.2 Å². The molecule has 0 fully saturated rings. The fourth-order valence-electron chi connectivity index (χ4n) is 3.48. The van der Waals surface area contributed by atoms with Gasteiger partial charge in [0.1, 0.15) is 0 Å². The summed E-state index contributed by atoms with van der Waals surface area (Å²) in [6.45, 7) is 4.97. The van der Waals surface area contributed by atoms with Gasteiger partial charge in [0.15, 0.2) is 11.5 Å². The summed E-state index contributed by atoms with van der Waals surface area (Å²) in [5.41, 5.74) is 3.74. The Kier molecular flexibility index (Phi) is 4.81. The molecule has 0 bridgehead atoms. The summed E-state index contributed by atoms with van der Waals surface area (Å²) < 4.78 is 16.8. The minimum atomic E-state index is -0.411. The van der Waals surface area contributed by atoms with E-state index < -0.39 is 6.10 Å². The highest BCUT2D eigenvalue weighted by atomic mass is 16.5. The minimum absolute atomic E-state index is 0.411. The summed E-state index contributed by atoms with van der Waals surface area (Å²) in [6, 6.07) is 11.4. The van der Waals surface area contributed by atoms with Crippen molar-refractivity contribution in [2.45, 2.75) is 32.8 Å². The molecule has 0 saturated carbocycles. The van der Waals surface area contributed by atoms with Gasteiger partial charge in [0, 0.05) is 11.1 Å². The third kappa shape index (κ3) is 3.28. The van der Waals surface area contributed by atoms with Gasteiger partial charge in [0.2, 0.25) is 5.82 Å². The van der Waals surface area contributed by atoms with E-state index in [2.05, 4.69) is 10.1 Å². The molecule has 0 amide bonds. The molecule has 2 aromatic carbocycles. The maximum Gasteiger partial charge on any atom is 0.258 e. The zero-order valence-corrected chi connectivity index (χ0v) is 15.4. The Morgan fingerprint density at radius 2 is 1.93 bits per heavy atom. The minimum Gasteiger partial charge on any atom is -0.490 e. The van der Waals surface area contributed by atoms with E-state index in [1.165, 1.54) is 0 Å². The van der Waals surface area contributed by atoms with Crippen molar-refractivity contribution in [2.24, 2.45) is 0 Å². The van der Waals surface area contributed by atoms with Crippen LogP contribution >= 0.6 is 0 Å². The number of hydrogen-bond donors (Lipinski definition) is 1. The molecule has 4 rings (SSSR count). The number of aliphatic hydroxyl groups is 1. The number of benzene rings is 2. The van der Waals surface area contributed by atoms with Crippen LogP contribution in [0.15, 0.2) is 40.9 Å². The van der Waals surface area contributed by atoms with Gasteiger partial charge >= 0.3 is 0 Å². The molecule has 6 nitrogen and oxygen atoms in total. The van der Waals surface area contributed by atoms with Gasteiger partial charge in [0.25, 0.3) is 5.89 Å². The van der Waals surface area contributed by atoms with Gasteiger partial charge in [-0.1, -0.05) is 23.4 Å². The van der Waals surface area contributed by atoms with Crippen LogP contribution in [0.25, 0.3) is 22.8 Å². The van der Waals surface area contributed by atoms with Crippen LogP contribution < -0.4 is 9.47 Å². The van der Waals surface area contributed by atoms with Gasteiger partial charge in [-0.25, -0.2) is 0 Å². The first kappa shape index (κ1) is 17.5. The van der Waals surface area contributed by atoms with Crippen LogP contribution in [-0.4, -0.2) is 28.5 Å². The van der Waals surface area contributed by atoms with Crippen molar-refractivity contribution in [1.29, 1.82) is 0 Å². The summed E-state index contributed by atoms with van der Waals surface area (Å²) in [7, 11) is 0. The molecule has 1 heterocycles. The molecule has 6 heteroatoms. The molecular formula is C21H22N2O4. The van der Waals surface area contributed by atoms with Gasteiger partial charge < -0.3 is 19.1 Å². The third-order valence-electron chi connectivity index (χ3n) is 4.70. The summed E-state index contributed by atoms with van der Waals surface area (Å²) >= 11 is 0. The lowest BCUT2D eigenvalue weighted by atomic mass is 10.0. The molecule has 1 aliphatic carbocycles. The van der Waals surface area contributed by atoms with Gasteiger partial charge in [0.05, 0.1) is 19.3 Å². The zero-order valence-electron chi connectivity index (χ0n) is 15.4. The molecule has 0 spiro atoms. The maximum atomic E-state index is 10.1. The second-order valence-corrected chi connectivity index (χ2v) is 6.38. The number of rotatable bonds is 6. The second kappa shape index (κ2) is 7.40. The first-order valence-electron chi connectivity index (χ1n) is 9.25. The predicted molar refractivity (Wildman–Crippen MR) is 101 cm³/mol. The Hall–Kier alpha value is -2.86. The van der Waals surface area contributed by atoms with E-state index in [4.69, 9.17) is 14.0 Å². The van der Waals surface area contributed by atoms with Crippen molar-refractivity contribution < 1.29 is 19.1 Å². The summed E-state index contributed by atoms with van der Waals surface area (Å²) in [4.78, 5) is 4.57. The van der Waals surface area contributed by atoms with Crippen molar-refractivity contribution >= 4 is 0 Å². The first-order chi connectivity index (χ1) is 13.2. The molecule has 1 N–H and O–H groups in total. The summed E-state index contributed by atoms with van der Waals surface area (Å²) in [5.74, 6) is 2.30. The Morgan fingerprint density at radius 1 is 1.11 bits per heavy atom. The van der Waals surface area contributed by atoms with Crippen molar-refractivity contribution in [3.8, 4) is 34.3 Å². The van der Waals surface area contributed by atoms with E-state index >= 15 is 0 Å². The zero-order chi connectivity index (χ0) is 18.8. The monoisotopic (exact) mass is 366 g/mol. The maximum absolute atomic E-state index is 10.1. The Morgan fingerprint density at radius 3 is 2.74 bits per heavy atom. The molecule has 0 radical (unpaired) electrons. The smallest absolute Gasteiger partial charge is 0.258 e. The number of ether oxygens (including phenoxy) is 2. The van der Waals surface area contributed by atoms with E-state index in [0.717, 1.165) is 35.1 Å². The highest BCUT2D eigenvalue weighted by Gasteiger charge is 2.25. The van der Waals surface area contributed by atoms with Crippen LogP contribution in [-0.2, 0) is 6.42 Å². The number of aromatic nitrogens is 2. The predicted octanol–water partition coefficient (Wildman–Crippen LogP) is 4.18. The van der Waals surface area contributed by atoms with Crippen LogP contribution in [0.2, 0.25) is 0 Å². The Labute approximate surface area is 157 Å². The summed E-state index contributed by atoms with van der Waals surface area (Å²) in [6.07, 6.45) is 1.13. The first-order valence-corrected chi connectivity index (χ1v) is 9.25. The van der Waals surface area contributed by atoms with E-state index in [1.54, 1.807) is 0 Å². The number of nitrogens with zero attached hydrogens (tertiary/aromatic N) is 2. The van der Waals surface area contributed by atoms with Crippen molar-refractivity contribution in [3.05, 3.63) is 47.5 Å². The number of aliphatic hydroxyl groups excluding tert-OH is 1. The average molecular weight is 366 g/mol. The summed E-state index contributed by atoms with van der Waals surface area (Å²) in [5, 5.41) is 14.3. The van der Waals surface area contributed by atoms with Crippen molar-refractivity contribution in [3.63, 3.8) is 0 Å². The molecule has 3 aromatic rings. The largest absolute Gasteiger partial charge is 0.490 e. The van der Waals surface area contributed by atoms with Gasteiger partial charge in [-0.3, -0.25) is 0 Å². The quantitative estimate of drug-likeness (QED) is 0.705. The van der Waals surface area contributed by atoms with Crippen LogP contribution in [0.5, 0.6) is 11.5 Å². The highest BCUT2D eigenvalue weighted by Crippen LogP contribution is 2.38. The molecule has 1 atom stereocenters. The lowest BCUT2D eigenvalue weighted by molar-refractivity contribution is 0.180. The molecule has 1 aliphatic rings. The highest BCUT2D eigenvalue weighted by molar-refractivity contribution is 5.66. The molecule has 1 aromatic heterocycles.